The van der Waals surface area contributed by atoms with Gasteiger partial charge in [0.05, 0.1) is 53.9 Å². The Morgan fingerprint density at radius 3 is 2.37 bits per heavy atom. The standard InChI is InChI=1S/C18H14N4O5S.C16H20FN3O4/c23-16-9-6-13(11-15(16)18(24)25)21-20-12-4-7-14(8-5-12)28(26,27)22-17-3-1-2-10-19-17;1-11(21)18-9-13-10-20(16(22)24-13)12-2-3-15(14(17)8-12)19-4-6-23-7-5-19/h1-11,23H,(H,19,22)(H,24,25);2-3,8,13H,4-7,9-10H2,1H3,(H,18,21)/b21-20+;/t;13-/m.0/s1. The average Bonchev–Trinajstić information content (AvgIpc) is 3.51. The zero-order valence-electron chi connectivity index (χ0n) is 27.7. The Kier molecular flexibility index (Phi) is 11.9. The second kappa shape index (κ2) is 16.7. The van der Waals surface area contributed by atoms with Gasteiger partial charge in [-0.25, -0.2) is 27.4 Å². The van der Waals surface area contributed by atoms with E-state index in [0.29, 0.717) is 43.4 Å². The predicted molar refractivity (Wildman–Crippen MR) is 186 cm³/mol. The van der Waals surface area contributed by atoms with Gasteiger partial charge in [0.15, 0.2) is 0 Å². The van der Waals surface area contributed by atoms with Crippen molar-refractivity contribution in [2.45, 2.75) is 17.9 Å². The molecule has 2 amide bonds. The number of benzene rings is 3. The van der Waals surface area contributed by atoms with Crippen LogP contribution in [0, 0.1) is 5.82 Å². The van der Waals surface area contributed by atoms with Crippen molar-refractivity contribution in [1.29, 1.82) is 0 Å². The summed E-state index contributed by atoms with van der Waals surface area (Å²) in [6.07, 6.45) is 0.493. The third kappa shape index (κ3) is 9.76. The Morgan fingerprint density at radius 2 is 1.71 bits per heavy atom. The molecule has 52 heavy (non-hydrogen) atoms. The number of carbonyl (C=O) groups excluding carboxylic acids is 2. The molecule has 2 aliphatic heterocycles. The number of amides is 2. The number of nitrogens with one attached hydrogen (secondary N) is 2. The summed E-state index contributed by atoms with van der Waals surface area (Å²) in [6.45, 7) is 4.34. The van der Waals surface area contributed by atoms with E-state index in [1.165, 1.54) is 72.6 Å². The van der Waals surface area contributed by atoms with E-state index in [1.807, 2.05) is 4.90 Å². The number of azo groups is 1. The third-order valence-electron chi connectivity index (χ3n) is 7.59. The molecule has 16 nitrogen and oxygen atoms in total. The summed E-state index contributed by atoms with van der Waals surface area (Å²) in [5, 5.41) is 28.9. The number of halogens is 1. The van der Waals surface area contributed by atoms with E-state index in [4.69, 9.17) is 14.6 Å². The Bertz CT molecular complexity index is 2050. The number of morpholine rings is 1. The third-order valence-corrected chi connectivity index (χ3v) is 8.96. The van der Waals surface area contributed by atoms with Gasteiger partial charge in [0.25, 0.3) is 10.0 Å². The van der Waals surface area contributed by atoms with Crippen LogP contribution in [0.3, 0.4) is 0 Å². The van der Waals surface area contributed by atoms with Crippen molar-refractivity contribution in [2.24, 2.45) is 10.2 Å². The van der Waals surface area contributed by atoms with E-state index in [-0.39, 0.29) is 52.5 Å². The van der Waals surface area contributed by atoms with Gasteiger partial charge in [-0.1, -0.05) is 6.07 Å². The lowest BCUT2D eigenvalue weighted by atomic mass is 10.2. The highest BCUT2D eigenvalue weighted by atomic mass is 32.2. The molecule has 3 heterocycles. The van der Waals surface area contributed by atoms with Crippen molar-refractivity contribution in [2.75, 3.05) is 53.9 Å². The molecule has 3 aromatic carbocycles. The van der Waals surface area contributed by atoms with Crippen molar-refractivity contribution in [3.05, 3.63) is 96.4 Å². The molecule has 0 spiro atoms. The minimum atomic E-state index is -3.79. The monoisotopic (exact) mass is 735 g/mol. The lowest BCUT2D eigenvalue weighted by Gasteiger charge is -2.29. The molecule has 0 radical (unpaired) electrons. The highest BCUT2D eigenvalue weighted by Crippen LogP contribution is 2.29. The highest BCUT2D eigenvalue weighted by Gasteiger charge is 2.33. The number of rotatable bonds is 10. The quantitative estimate of drug-likeness (QED) is 0.162. The smallest absolute Gasteiger partial charge is 0.414 e. The summed E-state index contributed by atoms with van der Waals surface area (Å²) >= 11 is 0. The van der Waals surface area contributed by atoms with Gasteiger partial charge in [0.2, 0.25) is 5.91 Å². The first-order valence-electron chi connectivity index (χ1n) is 15.8. The molecule has 2 saturated heterocycles. The molecule has 4 N–H and O–H groups in total. The average molecular weight is 736 g/mol. The molecule has 2 fully saturated rings. The molecular weight excluding hydrogens is 701 g/mol. The van der Waals surface area contributed by atoms with Gasteiger partial charge >= 0.3 is 12.1 Å². The fraction of sp³-hybridized carbons (Fsp3) is 0.235. The zero-order chi connectivity index (χ0) is 37.3. The van der Waals surface area contributed by atoms with Crippen LogP contribution >= 0.6 is 0 Å². The van der Waals surface area contributed by atoms with Crippen molar-refractivity contribution in [3.63, 3.8) is 0 Å². The number of nitrogens with zero attached hydrogens (tertiary/aromatic N) is 5. The van der Waals surface area contributed by atoms with Gasteiger partial charge in [-0.05, 0) is 72.8 Å². The number of cyclic esters (lactones) is 1. The Balaban J connectivity index is 0.000000203. The summed E-state index contributed by atoms with van der Waals surface area (Å²) in [4.78, 5) is 41.1. The number of phenols is 1. The number of aromatic carboxylic acids is 1. The molecule has 6 rings (SSSR count). The van der Waals surface area contributed by atoms with Crippen LogP contribution in [-0.4, -0.2) is 87.1 Å². The maximum atomic E-state index is 14.4. The lowest BCUT2D eigenvalue weighted by molar-refractivity contribution is -0.119. The van der Waals surface area contributed by atoms with Crippen molar-refractivity contribution in [1.82, 2.24) is 10.3 Å². The van der Waals surface area contributed by atoms with Crippen LogP contribution in [-0.2, 0) is 24.3 Å². The van der Waals surface area contributed by atoms with E-state index >= 15 is 0 Å². The van der Waals surface area contributed by atoms with Crippen LogP contribution in [0.25, 0.3) is 0 Å². The Morgan fingerprint density at radius 1 is 1.00 bits per heavy atom. The fourth-order valence-electron chi connectivity index (χ4n) is 5.01. The summed E-state index contributed by atoms with van der Waals surface area (Å²) in [7, 11) is -3.79. The highest BCUT2D eigenvalue weighted by molar-refractivity contribution is 7.92. The number of carboxylic acids is 1. The van der Waals surface area contributed by atoms with Crippen molar-refractivity contribution < 1.29 is 46.9 Å². The normalized spacial score (nSPS) is 15.8. The number of hydrogen-bond acceptors (Lipinski definition) is 12. The zero-order valence-corrected chi connectivity index (χ0v) is 28.5. The lowest BCUT2D eigenvalue weighted by Crippen LogP contribution is -2.36. The molecule has 2 aliphatic rings. The molecule has 272 valence electrons. The van der Waals surface area contributed by atoms with E-state index in [1.54, 1.807) is 24.3 Å². The molecule has 4 aromatic rings. The molecule has 0 unspecified atom stereocenters. The summed E-state index contributed by atoms with van der Waals surface area (Å²) in [5.41, 5.74) is 1.24. The van der Waals surface area contributed by atoms with Crippen molar-refractivity contribution >= 4 is 56.6 Å². The molecule has 18 heteroatoms. The number of aromatic nitrogens is 1. The molecule has 1 atom stereocenters. The number of pyridine rings is 1. The second-order valence-corrected chi connectivity index (χ2v) is 13.0. The Hall–Kier alpha value is -6.14. The van der Waals surface area contributed by atoms with Crippen LogP contribution in [0.1, 0.15) is 17.3 Å². The first-order chi connectivity index (χ1) is 24.9. The maximum absolute atomic E-state index is 14.4. The van der Waals surface area contributed by atoms with Gasteiger partial charge in [0, 0.05) is 26.2 Å². The van der Waals surface area contributed by atoms with Gasteiger partial charge in [-0.3, -0.25) is 14.4 Å². The van der Waals surface area contributed by atoms with Crippen LogP contribution < -0.4 is 19.8 Å². The number of aromatic hydroxyl groups is 1. The molecule has 0 bridgehead atoms. The van der Waals surface area contributed by atoms with E-state index in [0.717, 1.165) is 0 Å². The topological polar surface area (TPSA) is 212 Å². The summed E-state index contributed by atoms with van der Waals surface area (Å²) in [5.74, 6) is -2.03. The molecular formula is C34H34FN7O9S. The van der Waals surface area contributed by atoms with Gasteiger partial charge < -0.3 is 29.9 Å². The number of sulfonamides is 1. The minimum Gasteiger partial charge on any atom is -0.507 e. The van der Waals surface area contributed by atoms with Crippen LogP contribution in [0.15, 0.2) is 100 Å². The SMILES string of the molecule is CC(=O)NC[C@H]1CN(c2ccc(N3CCOCC3)c(F)c2)C(=O)O1.O=C(O)c1cc(/N=N/c2ccc(S(=O)(=O)Nc3ccccn3)cc2)ccc1O. The van der Waals surface area contributed by atoms with Crippen LogP contribution in [0.2, 0.25) is 0 Å². The minimum absolute atomic E-state index is 0.0231. The first-order valence-corrected chi connectivity index (χ1v) is 17.2. The largest absolute Gasteiger partial charge is 0.507 e. The van der Waals surface area contributed by atoms with E-state index < -0.39 is 28.2 Å². The number of ether oxygens (including phenoxy) is 2. The number of anilines is 3. The van der Waals surface area contributed by atoms with Crippen molar-refractivity contribution in [3.8, 4) is 5.75 Å². The second-order valence-electron chi connectivity index (χ2n) is 11.3. The summed E-state index contributed by atoms with van der Waals surface area (Å²) < 4.78 is 51.9. The Labute approximate surface area is 297 Å². The fourth-order valence-corrected chi connectivity index (χ4v) is 6.01. The molecule has 0 aliphatic carbocycles. The van der Waals surface area contributed by atoms with Gasteiger partial charge in [-0.2, -0.15) is 10.2 Å². The number of carbonyl (C=O) groups is 3. The van der Waals surface area contributed by atoms with Crippen LogP contribution in [0.4, 0.5) is 37.8 Å². The molecule has 0 saturated carbocycles. The van der Waals surface area contributed by atoms with E-state index in [2.05, 4.69) is 25.3 Å². The van der Waals surface area contributed by atoms with E-state index in [9.17, 15) is 32.3 Å². The van der Waals surface area contributed by atoms with Gasteiger partial charge in [-0.15, -0.1) is 0 Å². The number of carboxylic acid groups (broad SMARTS) is 1. The van der Waals surface area contributed by atoms with Crippen LogP contribution in [0.5, 0.6) is 5.75 Å². The summed E-state index contributed by atoms with van der Waals surface area (Å²) in [6, 6.07) is 19.0. The molecule has 1 aromatic heterocycles. The number of hydrogen-bond donors (Lipinski definition) is 4. The van der Waals surface area contributed by atoms with Gasteiger partial charge in [0.1, 0.15) is 29.1 Å². The first kappa shape index (κ1) is 37.1. The predicted octanol–water partition coefficient (Wildman–Crippen LogP) is 4.83. The maximum Gasteiger partial charge on any atom is 0.414 e.